The van der Waals surface area contributed by atoms with Crippen LogP contribution in [0.25, 0.3) is 0 Å². The summed E-state index contributed by atoms with van der Waals surface area (Å²) >= 11 is 0. The number of benzene rings is 1. The van der Waals surface area contributed by atoms with Crippen molar-refractivity contribution >= 4 is 5.91 Å². The Balaban J connectivity index is -0.000000107. The number of aryl methyl sites for hydroxylation is 1. The number of amides is 1. The summed E-state index contributed by atoms with van der Waals surface area (Å²) in [5.74, 6) is 0.0370. The summed E-state index contributed by atoms with van der Waals surface area (Å²) in [6.45, 7) is 19.8. The minimum atomic E-state index is 0. The average Bonchev–Trinajstić information content (AvgIpc) is 2.53. The zero-order valence-electron chi connectivity index (χ0n) is 14.8. The third kappa shape index (κ3) is 19.8. The number of hydrogen-bond acceptors (Lipinski definition) is 1. The van der Waals surface area contributed by atoms with E-state index in [0.717, 1.165) is 6.42 Å². The molecule has 1 aromatic rings. The maximum Gasteiger partial charge on any atom is 3.00 e. The van der Waals surface area contributed by atoms with Crippen LogP contribution in [0.15, 0.2) is 24.3 Å². The molecule has 1 rings (SSSR count). The van der Waals surface area contributed by atoms with Crippen molar-refractivity contribution in [1.82, 2.24) is 4.90 Å². The number of carbonyl (C=O) groups is 1. The maximum absolute atomic E-state index is 10.5. The van der Waals surface area contributed by atoms with E-state index >= 15 is 0 Å². The minimum Gasteiger partial charge on any atom is -0.403 e. The molecule has 0 fully saturated rings. The standard InChI is InChI=1S/C8H9.C6H11NO.2C2H6.Y/c1-2-8-6-4-3-5-7-8;1-4-7(5-2)6(3)8;2*1-2;/h3-6H,2H2,1H3;1-2,4-5H2,3H3;2*1-2H3;/q-1;-2;;;+3. The average molecular weight is 367 g/mol. The van der Waals surface area contributed by atoms with Crippen molar-refractivity contribution in [1.29, 1.82) is 0 Å². The van der Waals surface area contributed by atoms with Crippen molar-refractivity contribution < 1.29 is 37.5 Å². The van der Waals surface area contributed by atoms with Gasteiger partial charge in [0.15, 0.2) is 0 Å². The fraction of sp³-hybridized carbons (Fsp3) is 0.500. The molecule has 0 aliphatic carbocycles. The summed E-state index contributed by atoms with van der Waals surface area (Å²) in [7, 11) is 0. The van der Waals surface area contributed by atoms with Gasteiger partial charge in [-0.15, -0.1) is 13.1 Å². The Morgan fingerprint density at radius 1 is 1.14 bits per heavy atom. The Morgan fingerprint density at radius 3 is 1.76 bits per heavy atom. The molecule has 0 N–H and O–H groups in total. The molecule has 1 amide bonds. The van der Waals surface area contributed by atoms with Crippen LogP contribution in [0.5, 0.6) is 0 Å². The van der Waals surface area contributed by atoms with Crippen LogP contribution in [-0.2, 0) is 43.9 Å². The van der Waals surface area contributed by atoms with Gasteiger partial charge >= 0.3 is 32.7 Å². The van der Waals surface area contributed by atoms with E-state index in [-0.39, 0.29) is 38.6 Å². The van der Waals surface area contributed by atoms with Gasteiger partial charge in [0.05, 0.1) is 0 Å². The number of nitrogens with zero attached hydrogens (tertiary/aromatic N) is 1. The second kappa shape index (κ2) is 24.8. The summed E-state index contributed by atoms with van der Waals surface area (Å²) in [5, 5.41) is 0. The predicted octanol–water partition coefficient (Wildman–Crippen LogP) is 4.60. The fourth-order valence-corrected chi connectivity index (χ4v) is 1.08. The first-order chi connectivity index (χ1) is 9.65. The van der Waals surface area contributed by atoms with Gasteiger partial charge in [0, 0.05) is 6.92 Å². The van der Waals surface area contributed by atoms with Gasteiger partial charge in [-0.1, -0.05) is 41.0 Å². The van der Waals surface area contributed by atoms with E-state index in [1.54, 1.807) is 4.90 Å². The van der Waals surface area contributed by atoms with Crippen molar-refractivity contribution in [3.05, 3.63) is 49.7 Å². The Bertz CT molecular complexity index is 285. The summed E-state index contributed by atoms with van der Waals surface area (Å²) < 4.78 is 0. The van der Waals surface area contributed by atoms with Gasteiger partial charge < -0.3 is 18.7 Å². The zero-order chi connectivity index (χ0) is 16.4. The summed E-state index contributed by atoms with van der Waals surface area (Å²) in [4.78, 5) is 12.0. The molecule has 0 saturated carbocycles. The molecule has 0 heterocycles. The molecule has 118 valence electrons. The van der Waals surface area contributed by atoms with E-state index in [2.05, 4.69) is 32.9 Å². The molecule has 21 heavy (non-hydrogen) atoms. The van der Waals surface area contributed by atoms with Gasteiger partial charge in [0.25, 0.3) is 0 Å². The molecule has 0 saturated heterocycles. The zero-order valence-corrected chi connectivity index (χ0v) is 17.6. The van der Waals surface area contributed by atoms with Crippen LogP contribution < -0.4 is 0 Å². The quantitative estimate of drug-likeness (QED) is 0.715. The first-order valence-corrected chi connectivity index (χ1v) is 7.45. The molecule has 1 aromatic carbocycles. The minimum absolute atomic E-state index is 0. The van der Waals surface area contributed by atoms with E-state index in [4.69, 9.17) is 0 Å². The molecule has 0 radical (unpaired) electrons. The van der Waals surface area contributed by atoms with Crippen LogP contribution in [0.4, 0.5) is 0 Å². The fourth-order valence-electron chi connectivity index (χ4n) is 1.08. The van der Waals surface area contributed by atoms with E-state index < -0.39 is 0 Å². The van der Waals surface area contributed by atoms with E-state index in [1.807, 2.05) is 45.9 Å². The molecule has 3 heteroatoms. The van der Waals surface area contributed by atoms with Gasteiger partial charge in [-0.25, -0.2) is 0 Å². The molecular weight excluding hydrogens is 335 g/mol. The summed E-state index contributed by atoms with van der Waals surface area (Å²) in [6, 6.07) is 11.2. The monoisotopic (exact) mass is 367 g/mol. The van der Waals surface area contributed by atoms with E-state index in [9.17, 15) is 4.79 Å². The van der Waals surface area contributed by atoms with Crippen molar-refractivity contribution in [3.8, 4) is 0 Å². The smallest absolute Gasteiger partial charge is 0.403 e. The van der Waals surface area contributed by atoms with Crippen LogP contribution in [0.1, 0.15) is 47.1 Å². The second-order valence-corrected chi connectivity index (χ2v) is 3.25. The largest absolute Gasteiger partial charge is 3.00 e. The molecule has 0 bridgehead atoms. The summed E-state index contributed by atoms with van der Waals surface area (Å²) in [5.41, 5.74) is 1.28. The van der Waals surface area contributed by atoms with E-state index in [1.165, 1.54) is 12.5 Å². The van der Waals surface area contributed by atoms with Crippen molar-refractivity contribution in [2.45, 2.75) is 48.0 Å². The third-order valence-corrected chi connectivity index (χ3v) is 2.14. The van der Waals surface area contributed by atoms with Crippen molar-refractivity contribution in [3.63, 3.8) is 0 Å². The maximum atomic E-state index is 10.5. The van der Waals surface area contributed by atoms with Gasteiger partial charge in [0.1, 0.15) is 0 Å². The van der Waals surface area contributed by atoms with Crippen LogP contribution >= 0.6 is 0 Å². The van der Waals surface area contributed by atoms with Crippen LogP contribution in [0, 0.1) is 19.9 Å². The van der Waals surface area contributed by atoms with Crippen LogP contribution in [-0.4, -0.2) is 23.9 Å². The molecule has 0 atom stereocenters. The SMILES string of the molecule is CC.CC.CCc1[c-]cccc1.[CH2-]CN(C[CH2-])C(C)=O.[Y+3]. The molecule has 0 unspecified atom stereocenters. The van der Waals surface area contributed by atoms with Gasteiger partial charge in [-0.2, -0.15) is 35.9 Å². The molecule has 0 aliphatic rings. The van der Waals surface area contributed by atoms with E-state index in [0.29, 0.717) is 13.1 Å². The Morgan fingerprint density at radius 2 is 1.62 bits per heavy atom. The number of hydrogen-bond donors (Lipinski definition) is 0. The van der Waals surface area contributed by atoms with Gasteiger partial charge in [-0.05, 0) is 0 Å². The first kappa shape index (κ1) is 28.9. The topological polar surface area (TPSA) is 20.3 Å². The summed E-state index contributed by atoms with van der Waals surface area (Å²) in [6.07, 6.45) is 1.08. The molecular formula is C18H32NOY. The number of rotatable bonds is 3. The van der Waals surface area contributed by atoms with Crippen molar-refractivity contribution in [2.75, 3.05) is 13.1 Å². The molecule has 2 nitrogen and oxygen atoms in total. The molecule has 0 spiro atoms. The normalized spacial score (nSPS) is 7.43. The van der Waals surface area contributed by atoms with Crippen molar-refractivity contribution in [2.24, 2.45) is 0 Å². The first-order valence-electron chi connectivity index (χ1n) is 7.45. The Hall–Kier alpha value is -0.206. The Labute approximate surface area is 158 Å². The number of carbonyl (C=O) groups excluding carboxylic acids is 1. The van der Waals surface area contributed by atoms with Crippen LogP contribution in [0.2, 0.25) is 0 Å². The third-order valence-electron chi connectivity index (χ3n) is 2.14. The second-order valence-electron chi connectivity index (χ2n) is 3.25. The van der Waals surface area contributed by atoms with Gasteiger partial charge in [0.2, 0.25) is 5.91 Å². The van der Waals surface area contributed by atoms with Gasteiger partial charge in [-0.3, -0.25) is 4.79 Å². The Kier molecular flexibility index (Phi) is 34.1. The molecule has 0 aromatic heterocycles. The van der Waals surface area contributed by atoms with Crippen LogP contribution in [0.3, 0.4) is 0 Å². The predicted molar refractivity (Wildman–Crippen MR) is 90.3 cm³/mol. The molecule has 0 aliphatic heterocycles.